The summed E-state index contributed by atoms with van der Waals surface area (Å²) in [7, 11) is 0. The van der Waals surface area contributed by atoms with Crippen LogP contribution in [0.5, 0.6) is 0 Å². The summed E-state index contributed by atoms with van der Waals surface area (Å²) in [5.74, 6) is -0.250. The Bertz CT molecular complexity index is 691. The quantitative estimate of drug-likeness (QED) is 0.897. The molecule has 0 aliphatic carbocycles. The molecule has 0 unspecified atom stereocenters. The maximum Gasteiger partial charge on any atom is 0.354 e. The predicted molar refractivity (Wildman–Crippen MR) is 82.5 cm³/mol. The summed E-state index contributed by atoms with van der Waals surface area (Å²) in [5.41, 5.74) is 0.0143. The SMILES string of the molecule is O=C(O)c1cccc(NC2CCN(C(=O)c3ccco3)CC2)n1. The molecule has 1 fully saturated rings. The summed E-state index contributed by atoms with van der Waals surface area (Å²) < 4.78 is 5.13. The molecule has 0 saturated carbocycles. The monoisotopic (exact) mass is 315 g/mol. The minimum atomic E-state index is -1.05. The highest BCUT2D eigenvalue weighted by atomic mass is 16.4. The highest BCUT2D eigenvalue weighted by Gasteiger charge is 2.25. The number of likely N-dealkylation sites (tertiary alicyclic amines) is 1. The van der Waals surface area contributed by atoms with Gasteiger partial charge in [0, 0.05) is 19.1 Å². The average molecular weight is 315 g/mol. The van der Waals surface area contributed by atoms with Crippen LogP contribution in [0.25, 0.3) is 0 Å². The largest absolute Gasteiger partial charge is 0.477 e. The Kier molecular flexibility index (Phi) is 4.27. The van der Waals surface area contributed by atoms with Crippen LogP contribution in [-0.2, 0) is 0 Å². The number of hydrogen-bond donors (Lipinski definition) is 2. The zero-order chi connectivity index (χ0) is 16.2. The van der Waals surface area contributed by atoms with Crippen molar-refractivity contribution in [3.8, 4) is 0 Å². The first-order chi connectivity index (χ1) is 11.1. The summed E-state index contributed by atoms with van der Waals surface area (Å²) in [6.07, 6.45) is 3.03. The third-order valence-electron chi connectivity index (χ3n) is 3.83. The second kappa shape index (κ2) is 6.51. The third kappa shape index (κ3) is 3.50. The number of amides is 1. The zero-order valence-corrected chi connectivity index (χ0v) is 12.4. The molecule has 1 aliphatic rings. The molecule has 2 aromatic rings. The van der Waals surface area contributed by atoms with Crippen molar-refractivity contribution in [2.45, 2.75) is 18.9 Å². The topological polar surface area (TPSA) is 95.7 Å². The number of furan rings is 1. The van der Waals surface area contributed by atoms with E-state index in [-0.39, 0.29) is 17.6 Å². The number of carboxylic acids is 1. The molecule has 2 N–H and O–H groups in total. The van der Waals surface area contributed by atoms with E-state index in [0.29, 0.717) is 24.7 Å². The van der Waals surface area contributed by atoms with E-state index in [1.54, 1.807) is 29.2 Å². The van der Waals surface area contributed by atoms with Crippen molar-refractivity contribution >= 4 is 17.7 Å². The second-order valence-corrected chi connectivity index (χ2v) is 5.40. The van der Waals surface area contributed by atoms with Gasteiger partial charge in [-0.3, -0.25) is 4.79 Å². The van der Waals surface area contributed by atoms with Crippen molar-refractivity contribution in [2.24, 2.45) is 0 Å². The van der Waals surface area contributed by atoms with Crippen LogP contribution in [0.3, 0.4) is 0 Å². The Morgan fingerprint density at radius 1 is 1.22 bits per heavy atom. The van der Waals surface area contributed by atoms with Crippen LogP contribution in [0.1, 0.15) is 33.9 Å². The normalized spacial score (nSPS) is 15.4. The lowest BCUT2D eigenvalue weighted by atomic mass is 10.0. The number of hydrogen-bond acceptors (Lipinski definition) is 5. The number of nitrogens with one attached hydrogen (secondary N) is 1. The van der Waals surface area contributed by atoms with Crippen LogP contribution < -0.4 is 5.32 Å². The van der Waals surface area contributed by atoms with Gasteiger partial charge in [-0.25, -0.2) is 9.78 Å². The first kappa shape index (κ1) is 15.1. The second-order valence-electron chi connectivity index (χ2n) is 5.40. The highest BCUT2D eigenvalue weighted by Crippen LogP contribution is 2.17. The van der Waals surface area contributed by atoms with Crippen LogP contribution >= 0.6 is 0 Å². The van der Waals surface area contributed by atoms with Gasteiger partial charge in [0.2, 0.25) is 0 Å². The van der Waals surface area contributed by atoms with Crippen molar-refractivity contribution in [3.05, 3.63) is 48.0 Å². The van der Waals surface area contributed by atoms with Crippen LogP contribution in [0.4, 0.5) is 5.82 Å². The number of aromatic carboxylic acids is 1. The Balaban J connectivity index is 1.56. The van der Waals surface area contributed by atoms with Crippen LogP contribution in [0.15, 0.2) is 41.0 Å². The highest BCUT2D eigenvalue weighted by molar-refractivity contribution is 5.91. The van der Waals surface area contributed by atoms with Gasteiger partial charge in [-0.15, -0.1) is 0 Å². The number of carboxylic acid groups (broad SMARTS) is 1. The lowest BCUT2D eigenvalue weighted by Gasteiger charge is -2.32. The summed E-state index contributed by atoms with van der Waals surface area (Å²) in [4.78, 5) is 28.9. The lowest BCUT2D eigenvalue weighted by molar-refractivity contribution is 0.0678. The van der Waals surface area contributed by atoms with E-state index in [1.807, 2.05) is 0 Å². The van der Waals surface area contributed by atoms with Gasteiger partial charge in [0.1, 0.15) is 5.82 Å². The standard InChI is InChI=1S/C16H17N3O4/c20-15(13-4-2-10-23-13)19-8-6-11(7-9-19)17-14-5-1-3-12(18-14)16(21)22/h1-5,10-11H,6-9H2,(H,17,18)(H,21,22). The Hall–Kier alpha value is -2.83. The molecule has 2 aromatic heterocycles. The van der Waals surface area contributed by atoms with E-state index in [0.717, 1.165) is 12.8 Å². The molecule has 23 heavy (non-hydrogen) atoms. The van der Waals surface area contributed by atoms with E-state index in [9.17, 15) is 9.59 Å². The molecular formula is C16H17N3O4. The predicted octanol–water partition coefficient (Wildman–Crippen LogP) is 2.09. The summed E-state index contributed by atoms with van der Waals surface area (Å²) in [5, 5.41) is 12.2. The first-order valence-corrected chi connectivity index (χ1v) is 7.43. The minimum Gasteiger partial charge on any atom is -0.477 e. The Morgan fingerprint density at radius 3 is 2.65 bits per heavy atom. The lowest BCUT2D eigenvalue weighted by Crippen LogP contribution is -2.42. The van der Waals surface area contributed by atoms with Gasteiger partial charge in [-0.1, -0.05) is 6.07 Å². The van der Waals surface area contributed by atoms with Gasteiger partial charge >= 0.3 is 5.97 Å². The molecule has 3 heterocycles. The third-order valence-corrected chi connectivity index (χ3v) is 3.83. The number of carbonyl (C=O) groups excluding carboxylic acids is 1. The summed E-state index contributed by atoms with van der Waals surface area (Å²) >= 11 is 0. The molecule has 0 aromatic carbocycles. The van der Waals surface area contributed by atoms with Gasteiger partial charge in [0.15, 0.2) is 11.5 Å². The molecular weight excluding hydrogens is 298 g/mol. The molecule has 1 amide bonds. The fraction of sp³-hybridized carbons (Fsp3) is 0.312. The molecule has 0 spiro atoms. The van der Waals surface area contributed by atoms with Crippen molar-refractivity contribution in [2.75, 3.05) is 18.4 Å². The molecule has 1 aliphatic heterocycles. The molecule has 120 valence electrons. The van der Waals surface area contributed by atoms with Gasteiger partial charge < -0.3 is 19.7 Å². The molecule has 7 nitrogen and oxygen atoms in total. The van der Waals surface area contributed by atoms with Gasteiger partial charge in [0.25, 0.3) is 5.91 Å². The first-order valence-electron chi connectivity index (χ1n) is 7.43. The number of pyridine rings is 1. The zero-order valence-electron chi connectivity index (χ0n) is 12.4. The fourth-order valence-corrected chi connectivity index (χ4v) is 2.63. The number of aromatic nitrogens is 1. The maximum absolute atomic E-state index is 12.2. The number of anilines is 1. The molecule has 7 heteroatoms. The molecule has 1 saturated heterocycles. The minimum absolute atomic E-state index is 0.0143. The summed E-state index contributed by atoms with van der Waals surface area (Å²) in [6, 6.07) is 8.38. The summed E-state index contributed by atoms with van der Waals surface area (Å²) in [6.45, 7) is 1.24. The Labute approximate surface area is 132 Å². The van der Waals surface area contributed by atoms with Crippen molar-refractivity contribution in [1.29, 1.82) is 0 Å². The van der Waals surface area contributed by atoms with Gasteiger partial charge in [0.05, 0.1) is 6.26 Å². The van der Waals surface area contributed by atoms with E-state index in [4.69, 9.17) is 9.52 Å². The van der Waals surface area contributed by atoms with Crippen LogP contribution in [0, 0.1) is 0 Å². The van der Waals surface area contributed by atoms with Gasteiger partial charge in [-0.2, -0.15) is 0 Å². The van der Waals surface area contributed by atoms with Crippen molar-refractivity contribution in [1.82, 2.24) is 9.88 Å². The molecule has 0 atom stereocenters. The number of rotatable bonds is 4. The van der Waals surface area contributed by atoms with Crippen molar-refractivity contribution < 1.29 is 19.1 Å². The van der Waals surface area contributed by atoms with Gasteiger partial charge in [-0.05, 0) is 37.1 Å². The maximum atomic E-state index is 12.2. The number of piperidine rings is 1. The molecule has 3 rings (SSSR count). The van der Waals surface area contributed by atoms with Crippen molar-refractivity contribution in [3.63, 3.8) is 0 Å². The molecule has 0 radical (unpaired) electrons. The van der Waals surface area contributed by atoms with E-state index in [1.165, 1.54) is 12.3 Å². The smallest absolute Gasteiger partial charge is 0.354 e. The number of carbonyl (C=O) groups is 2. The van der Waals surface area contributed by atoms with E-state index in [2.05, 4.69) is 10.3 Å². The van der Waals surface area contributed by atoms with Crippen LogP contribution in [0.2, 0.25) is 0 Å². The Morgan fingerprint density at radius 2 is 2.00 bits per heavy atom. The average Bonchev–Trinajstić information content (AvgIpc) is 3.09. The molecule has 0 bridgehead atoms. The number of nitrogens with zero attached hydrogens (tertiary/aromatic N) is 2. The fourth-order valence-electron chi connectivity index (χ4n) is 2.63. The van der Waals surface area contributed by atoms with E-state index < -0.39 is 5.97 Å². The van der Waals surface area contributed by atoms with Crippen LogP contribution in [-0.4, -0.2) is 46.0 Å². The van der Waals surface area contributed by atoms with E-state index >= 15 is 0 Å².